The van der Waals surface area contributed by atoms with Crippen molar-refractivity contribution in [3.8, 4) is 0 Å². The maximum atomic E-state index is 12.0. The molecule has 3 heteroatoms. The average molecular weight is 197 g/mol. The molecule has 0 radical (unpaired) electrons. The lowest BCUT2D eigenvalue weighted by atomic mass is 10.4. The number of rotatable bonds is 2. The van der Waals surface area contributed by atoms with Crippen LogP contribution in [0.5, 0.6) is 0 Å². The third kappa shape index (κ3) is 2.84. The molecular formula is C10H15NOS. The molecule has 0 unspecified atom stereocenters. The van der Waals surface area contributed by atoms with E-state index in [2.05, 4.69) is 4.36 Å². The summed E-state index contributed by atoms with van der Waals surface area (Å²) in [4.78, 5) is 0.809. The fourth-order valence-corrected chi connectivity index (χ4v) is 2.72. The van der Waals surface area contributed by atoms with Gasteiger partial charge in [-0.05, 0) is 26.0 Å². The summed E-state index contributed by atoms with van der Waals surface area (Å²) < 4.78 is 16.2. The van der Waals surface area contributed by atoms with Crippen LogP contribution < -0.4 is 0 Å². The molecule has 1 aromatic carbocycles. The van der Waals surface area contributed by atoms with Crippen LogP contribution in [-0.2, 0) is 9.73 Å². The second kappa shape index (κ2) is 3.92. The van der Waals surface area contributed by atoms with E-state index in [1.807, 2.05) is 44.2 Å². The van der Waals surface area contributed by atoms with Gasteiger partial charge in [0.25, 0.3) is 0 Å². The first-order chi connectivity index (χ1) is 6.02. The summed E-state index contributed by atoms with van der Waals surface area (Å²) in [5.74, 6) is 0. The van der Waals surface area contributed by atoms with Crippen molar-refractivity contribution in [1.82, 2.24) is 0 Å². The lowest BCUT2D eigenvalue weighted by Crippen LogP contribution is -2.01. The molecule has 0 amide bonds. The average Bonchev–Trinajstić information content (AvgIpc) is 2.04. The molecule has 0 bridgehead atoms. The van der Waals surface area contributed by atoms with Crippen molar-refractivity contribution >= 4 is 9.73 Å². The van der Waals surface area contributed by atoms with E-state index in [1.165, 1.54) is 0 Å². The van der Waals surface area contributed by atoms with Crippen molar-refractivity contribution in [2.45, 2.75) is 24.8 Å². The van der Waals surface area contributed by atoms with E-state index in [4.69, 9.17) is 0 Å². The number of benzene rings is 1. The van der Waals surface area contributed by atoms with Gasteiger partial charge in [-0.2, -0.15) is 0 Å². The van der Waals surface area contributed by atoms with Gasteiger partial charge in [-0.15, -0.1) is 0 Å². The summed E-state index contributed by atoms with van der Waals surface area (Å²) in [6.07, 6.45) is 1.68. The Bertz CT molecular complexity index is 375. The minimum Gasteiger partial charge on any atom is -0.245 e. The van der Waals surface area contributed by atoms with Gasteiger partial charge in [0.05, 0.1) is 15.8 Å². The molecule has 2 nitrogen and oxygen atoms in total. The molecule has 72 valence electrons. The number of nitrogens with zero attached hydrogens (tertiary/aromatic N) is 1. The third-order valence-corrected chi connectivity index (χ3v) is 3.56. The fourth-order valence-electron chi connectivity index (χ4n) is 1.14. The maximum Gasteiger partial charge on any atom is 0.0725 e. The summed E-state index contributed by atoms with van der Waals surface area (Å²) in [5, 5.41) is 0. The Hall–Kier alpha value is -0.830. The Kier molecular flexibility index (Phi) is 3.09. The van der Waals surface area contributed by atoms with Crippen LogP contribution in [0.15, 0.2) is 39.6 Å². The Morgan fingerprint density at radius 1 is 1.23 bits per heavy atom. The third-order valence-electron chi connectivity index (χ3n) is 1.59. The Morgan fingerprint density at radius 3 is 2.23 bits per heavy atom. The van der Waals surface area contributed by atoms with E-state index >= 15 is 0 Å². The summed E-state index contributed by atoms with van der Waals surface area (Å²) in [6, 6.07) is 9.50. The van der Waals surface area contributed by atoms with E-state index in [-0.39, 0.29) is 6.04 Å². The minimum absolute atomic E-state index is 0.109. The van der Waals surface area contributed by atoms with Gasteiger partial charge < -0.3 is 0 Å². The van der Waals surface area contributed by atoms with Crippen LogP contribution >= 0.6 is 0 Å². The van der Waals surface area contributed by atoms with Gasteiger partial charge in [0.1, 0.15) is 0 Å². The molecule has 0 aliphatic carbocycles. The second-order valence-electron chi connectivity index (χ2n) is 3.31. The highest BCUT2D eigenvalue weighted by molar-refractivity contribution is 7.93. The molecule has 1 atom stereocenters. The molecule has 0 heterocycles. The quantitative estimate of drug-likeness (QED) is 0.716. The van der Waals surface area contributed by atoms with Crippen molar-refractivity contribution in [2.75, 3.05) is 6.26 Å². The molecule has 0 saturated carbocycles. The molecule has 1 aromatic rings. The highest BCUT2D eigenvalue weighted by Gasteiger charge is 2.04. The zero-order chi connectivity index (χ0) is 9.90. The predicted octanol–water partition coefficient (Wildman–Crippen LogP) is 2.55. The monoisotopic (exact) mass is 197 g/mol. The molecule has 0 saturated heterocycles. The molecule has 0 fully saturated rings. The van der Waals surface area contributed by atoms with E-state index < -0.39 is 9.73 Å². The van der Waals surface area contributed by atoms with Crippen molar-refractivity contribution in [3.63, 3.8) is 0 Å². The van der Waals surface area contributed by atoms with Crippen LogP contribution in [0.25, 0.3) is 0 Å². The summed E-state index contributed by atoms with van der Waals surface area (Å²) >= 11 is 0. The van der Waals surface area contributed by atoms with Crippen LogP contribution in [0, 0.1) is 0 Å². The van der Waals surface area contributed by atoms with Gasteiger partial charge >= 0.3 is 0 Å². The van der Waals surface area contributed by atoms with Crippen molar-refractivity contribution in [2.24, 2.45) is 4.36 Å². The van der Waals surface area contributed by atoms with Gasteiger partial charge in [0.2, 0.25) is 0 Å². The molecule has 1 rings (SSSR count). The largest absolute Gasteiger partial charge is 0.245 e. The second-order valence-corrected chi connectivity index (χ2v) is 5.60. The van der Waals surface area contributed by atoms with Crippen molar-refractivity contribution in [1.29, 1.82) is 0 Å². The van der Waals surface area contributed by atoms with Crippen molar-refractivity contribution < 1.29 is 4.21 Å². The van der Waals surface area contributed by atoms with E-state index in [0.29, 0.717) is 0 Å². The minimum atomic E-state index is -2.18. The van der Waals surface area contributed by atoms with Crippen LogP contribution in [0.3, 0.4) is 0 Å². The van der Waals surface area contributed by atoms with Gasteiger partial charge in [-0.1, -0.05) is 18.2 Å². The van der Waals surface area contributed by atoms with Gasteiger partial charge in [0, 0.05) is 11.2 Å². The topological polar surface area (TPSA) is 29.4 Å². The summed E-state index contributed by atoms with van der Waals surface area (Å²) in [6.45, 7) is 3.87. The molecule has 0 aliphatic rings. The first kappa shape index (κ1) is 10.3. The Balaban J connectivity index is 3.16. The van der Waals surface area contributed by atoms with Gasteiger partial charge in [-0.3, -0.25) is 0 Å². The van der Waals surface area contributed by atoms with Crippen LogP contribution in [0.2, 0.25) is 0 Å². The zero-order valence-electron chi connectivity index (χ0n) is 8.23. The van der Waals surface area contributed by atoms with E-state index in [1.54, 1.807) is 6.26 Å². The number of hydrogen-bond donors (Lipinski definition) is 0. The molecule has 0 N–H and O–H groups in total. The SMILES string of the molecule is CC(C)N=[S@](C)(=O)c1ccccc1. The highest BCUT2D eigenvalue weighted by atomic mass is 32.2. The highest BCUT2D eigenvalue weighted by Crippen LogP contribution is 2.11. The molecule has 0 aliphatic heterocycles. The molecule has 0 aromatic heterocycles. The van der Waals surface area contributed by atoms with Crippen LogP contribution in [0.4, 0.5) is 0 Å². The van der Waals surface area contributed by atoms with Crippen molar-refractivity contribution in [3.05, 3.63) is 30.3 Å². The molecule has 0 spiro atoms. The summed E-state index contributed by atoms with van der Waals surface area (Å²) in [5.41, 5.74) is 0. The molecular weight excluding hydrogens is 182 g/mol. The Morgan fingerprint density at radius 2 is 1.77 bits per heavy atom. The maximum absolute atomic E-state index is 12.0. The zero-order valence-corrected chi connectivity index (χ0v) is 9.04. The van der Waals surface area contributed by atoms with E-state index in [0.717, 1.165) is 4.90 Å². The first-order valence-electron chi connectivity index (χ1n) is 4.29. The lowest BCUT2D eigenvalue weighted by Gasteiger charge is -2.05. The first-order valence-corrected chi connectivity index (χ1v) is 6.21. The standard InChI is InChI=1S/C10H15NOS/c1-9(2)11-13(3,12)10-7-5-4-6-8-10/h4-9H,1-3H3/t13-/m1/s1. The van der Waals surface area contributed by atoms with Crippen LogP contribution in [-0.4, -0.2) is 16.5 Å². The Labute approximate surface area is 80.2 Å². The van der Waals surface area contributed by atoms with E-state index in [9.17, 15) is 4.21 Å². The smallest absolute Gasteiger partial charge is 0.0725 e. The van der Waals surface area contributed by atoms with Gasteiger partial charge in [-0.25, -0.2) is 8.57 Å². The normalized spacial score (nSPS) is 15.4. The summed E-state index contributed by atoms with van der Waals surface area (Å²) in [7, 11) is -2.18. The fraction of sp³-hybridized carbons (Fsp3) is 0.400. The number of hydrogen-bond acceptors (Lipinski definition) is 2. The lowest BCUT2D eigenvalue weighted by molar-refractivity contribution is 0.674. The molecule has 13 heavy (non-hydrogen) atoms. The predicted molar refractivity (Wildman–Crippen MR) is 56.3 cm³/mol. The van der Waals surface area contributed by atoms with Crippen LogP contribution in [0.1, 0.15) is 13.8 Å². The van der Waals surface area contributed by atoms with Gasteiger partial charge in [0.15, 0.2) is 0 Å².